The third-order valence-corrected chi connectivity index (χ3v) is 3.51. The van der Waals surface area contributed by atoms with Crippen molar-refractivity contribution in [2.45, 2.75) is 11.3 Å². The Morgan fingerprint density at radius 3 is 2.47 bits per heavy atom. The first-order valence-corrected chi connectivity index (χ1v) is 6.72. The molecule has 0 aromatic heterocycles. The highest BCUT2D eigenvalue weighted by molar-refractivity contribution is 7.85. The standard InChI is InChI=1S/C12H12N2O4S/c13-6-1-7-14-11(15)8-19(18)10-4-2-9(3-5-10)12(16)17/h2-5H,1,7-8H2,(H,14,15)(H,16,17). The molecule has 0 heterocycles. The van der Waals surface area contributed by atoms with Crippen LogP contribution in [0.5, 0.6) is 0 Å². The van der Waals surface area contributed by atoms with Gasteiger partial charge in [0.05, 0.1) is 28.9 Å². The van der Waals surface area contributed by atoms with Crippen molar-refractivity contribution < 1.29 is 18.9 Å². The van der Waals surface area contributed by atoms with Crippen molar-refractivity contribution in [3.05, 3.63) is 29.8 Å². The molecular formula is C12H12N2O4S. The number of carbonyl (C=O) groups is 2. The number of rotatable bonds is 6. The summed E-state index contributed by atoms with van der Waals surface area (Å²) in [5.41, 5.74) is 0.0965. The molecule has 19 heavy (non-hydrogen) atoms. The van der Waals surface area contributed by atoms with Crippen LogP contribution >= 0.6 is 0 Å². The molecule has 0 bridgehead atoms. The maximum absolute atomic E-state index is 11.8. The second kappa shape index (κ2) is 7.28. The molecule has 1 atom stereocenters. The van der Waals surface area contributed by atoms with Crippen LogP contribution in [0.1, 0.15) is 16.8 Å². The van der Waals surface area contributed by atoms with Gasteiger partial charge >= 0.3 is 5.97 Å². The summed E-state index contributed by atoms with van der Waals surface area (Å²) >= 11 is 0. The molecule has 7 heteroatoms. The Morgan fingerprint density at radius 2 is 1.95 bits per heavy atom. The van der Waals surface area contributed by atoms with Crippen molar-refractivity contribution in [3.8, 4) is 6.07 Å². The van der Waals surface area contributed by atoms with Crippen LogP contribution in [0.25, 0.3) is 0 Å². The van der Waals surface area contributed by atoms with Gasteiger partial charge in [-0.1, -0.05) is 0 Å². The van der Waals surface area contributed by atoms with Crippen LogP contribution in [0.15, 0.2) is 29.2 Å². The number of aromatic carboxylic acids is 1. The summed E-state index contributed by atoms with van der Waals surface area (Å²) in [6.45, 7) is 0.227. The summed E-state index contributed by atoms with van der Waals surface area (Å²) in [4.78, 5) is 22.4. The average Bonchev–Trinajstić information content (AvgIpc) is 2.39. The summed E-state index contributed by atoms with van der Waals surface area (Å²) in [6, 6.07) is 7.39. The Bertz CT molecular complexity index is 534. The van der Waals surface area contributed by atoms with Gasteiger partial charge in [-0.2, -0.15) is 5.26 Å². The first-order valence-electron chi connectivity index (χ1n) is 5.40. The van der Waals surface area contributed by atoms with E-state index in [1.165, 1.54) is 24.3 Å². The van der Waals surface area contributed by atoms with E-state index in [2.05, 4.69) is 5.32 Å². The Labute approximate surface area is 112 Å². The number of benzene rings is 1. The molecule has 0 aliphatic heterocycles. The SMILES string of the molecule is N#CCCNC(=O)CS(=O)c1ccc(C(=O)O)cc1. The van der Waals surface area contributed by atoms with Gasteiger partial charge in [0.25, 0.3) is 0 Å². The molecule has 2 N–H and O–H groups in total. The molecule has 0 saturated carbocycles. The molecule has 6 nitrogen and oxygen atoms in total. The lowest BCUT2D eigenvalue weighted by atomic mass is 10.2. The first kappa shape index (κ1) is 14.9. The minimum absolute atomic E-state index is 0.0965. The van der Waals surface area contributed by atoms with E-state index in [4.69, 9.17) is 10.4 Å². The highest BCUT2D eigenvalue weighted by Crippen LogP contribution is 2.09. The average molecular weight is 280 g/mol. The molecule has 0 spiro atoms. The van der Waals surface area contributed by atoms with Crippen LogP contribution in [-0.4, -0.2) is 33.5 Å². The Hall–Kier alpha value is -2.20. The largest absolute Gasteiger partial charge is 0.478 e. The molecule has 1 rings (SSSR count). The Kier molecular flexibility index (Phi) is 5.70. The monoisotopic (exact) mass is 280 g/mol. The molecule has 0 aliphatic rings. The summed E-state index contributed by atoms with van der Waals surface area (Å²) in [5.74, 6) is -1.68. The van der Waals surface area contributed by atoms with Crippen molar-refractivity contribution >= 4 is 22.7 Å². The van der Waals surface area contributed by atoms with E-state index in [0.29, 0.717) is 4.90 Å². The second-order valence-corrected chi connectivity index (χ2v) is 5.03. The van der Waals surface area contributed by atoms with Crippen LogP contribution in [-0.2, 0) is 15.6 Å². The quantitative estimate of drug-likeness (QED) is 0.739. The van der Waals surface area contributed by atoms with Gasteiger partial charge in [0, 0.05) is 11.4 Å². The third-order valence-electron chi connectivity index (χ3n) is 2.19. The second-order valence-electron chi connectivity index (χ2n) is 3.58. The van der Waals surface area contributed by atoms with Crippen molar-refractivity contribution in [1.82, 2.24) is 5.32 Å². The molecule has 1 unspecified atom stereocenters. The van der Waals surface area contributed by atoms with Gasteiger partial charge in [0.2, 0.25) is 5.91 Å². The Morgan fingerprint density at radius 1 is 1.32 bits per heavy atom. The molecule has 100 valence electrons. The number of nitrogens with zero attached hydrogens (tertiary/aromatic N) is 1. The number of carbonyl (C=O) groups excluding carboxylic acids is 1. The molecule has 0 aliphatic carbocycles. The number of hydrogen-bond donors (Lipinski definition) is 2. The van der Waals surface area contributed by atoms with Crippen LogP contribution < -0.4 is 5.32 Å². The lowest BCUT2D eigenvalue weighted by Gasteiger charge is -2.04. The highest BCUT2D eigenvalue weighted by Gasteiger charge is 2.10. The number of carboxylic acid groups (broad SMARTS) is 1. The molecule has 1 aromatic rings. The predicted molar refractivity (Wildman–Crippen MR) is 67.9 cm³/mol. The van der Waals surface area contributed by atoms with E-state index in [9.17, 15) is 13.8 Å². The van der Waals surface area contributed by atoms with Gasteiger partial charge in [-0.05, 0) is 24.3 Å². The van der Waals surface area contributed by atoms with E-state index in [-0.39, 0.29) is 24.3 Å². The lowest BCUT2D eigenvalue weighted by molar-refractivity contribution is -0.118. The number of carboxylic acids is 1. The fourth-order valence-electron chi connectivity index (χ4n) is 1.26. The molecule has 0 fully saturated rings. The summed E-state index contributed by atoms with van der Waals surface area (Å²) < 4.78 is 11.8. The highest BCUT2D eigenvalue weighted by atomic mass is 32.2. The summed E-state index contributed by atoms with van der Waals surface area (Å²) in [7, 11) is -1.53. The number of hydrogen-bond acceptors (Lipinski definition) is 4. The van der Waals surface area contributed by atoms with Crippen molar-refractivity contribution in [1.29, 1.82) is 5.26 Å². The zero-order chi connectivity index (χ0) is 14.3. The zero-order valence-corrected chi connectivity index (χ0v) is 10.8. The summed E-state index contributed by atoms with van der Waals surface area (Å²) in [6.07, 6.45) is 0.200. The van der Waals surface area contributed by atoms with E-state index in [0.717, 1.165) is 0 Å². The number of amides is 1. The van der Waals surface area contributed by atoms with Crippen LogP contribution in [0.4, 0.5) is 0 Å². The van der Waals surface area contributed by atoms with Gasteiger partial charge in [-0.15, -0.1) is 0 Å². The van der Waals surface area contributed by atoms with E-state index < -0.39 is 22.7 Å². The molecule has 1 aromatic carbocycles. The summed E-state index contributed by atoms with van der Waals surface area (Å²) in [5, 5.41) is 19.5. The van der Waals surface area contributed by atoms with Gasteiger partial charge < -0.3 is 10.4 Å². The van der Waals surface area contributed by atoms with Crippen molar-refractivity contribution in [2.24, 2.45) is 0 Å². The van der Waals surface area contributed by atoms with E-state index in [1.54, 1.807) is 0 Å². The van der Waals surface area contributed by atoms with Crippen molar-refractivity contribution in [3.63, 3.8) is 0 Å². The third kappa shape index (κ3) is 4.89. The van der Waals surface area contributed by atoms with Crippen molar-refractivity contribution in [2.75, 3.05) is 12.3 Å². The Balaban J connectivity index is 2.56. The molecular weight excluding hydrogens is 268 g/mol. The first-order chi connectivity index (χ1) is 9.04. The van der Waals surface area contributed by atoms with E-state index in [1.807, 2.05) is 6.07 Å². The lowest BCUT2D eigenvalue weighted by Crippen LogP contribution is -2.29. The van der Waals surface area contributed by atoms with Gasteiger partial charge in [-0.25, -0.2) is 4.79 Å². The maximum Gasteiger partial charge on any atom is 0.335 e. The number of nitriles is 1. The van der Waals surface area contributed by atoms with Gasteiger partial charge in [0.1, 0.15) is 5.75 Å². The maximum atomic E-state index is 11.8. The van der Waals surface area contributed by atoms with Crippen LogP contribution in [0, 0.1) is 11.3 Å². The predicted octanol–water partition coefficient (Wildman–Crippen LogP) is 0.522. The molecule has 0 saturated heterocycles. The van der Waals surface area contributed by atoms with Gasteiger partial charge in [-0.3, -0.25) is 9.00 Å². The fourth-order valence-corrected chi connectivity index (χ4v) is 2.21. The van der Waals surface area contributed by atoms with E-state index >= 15 is 0 Å². The normalized spacial score (nSPS) is 11.3. The molecule has 1 amide bonds. The molecule has 0 radical (unpaired) electrons. The van der Waals surface area contributed by atoms with Gasteiger partial charge in [0.15, 0.2) is 0 Å². The smallest absolute Gasteiger partial charge is 0.335 e. The zero-order valence-electron chi connectivity index (χ0n) is 9.96. The minimum atomic E-state index is -1.53. The topological polar surface area (TPSA) is 107 Å². The van der Waals surface area contributed by atoms with Crippen LogP contribution in [0.3, 0.4) is 0 Å². The minimum Gasteiger partial charge on any atom is -0.478 e. The number of nitrogens with one attached hydrogen (secondary N) is 1. The van der Waals surface area contributed by atoms with Crippen LogP contribution in [0.2, 0.25) is 0 Å². The fraction of sp³-hybridized carbons (Fsp3) is 0.250.